The molecule has 0 saturated carbocycles. The average molecular weight is 439 g/mol. The Morgan fingerprint density at radius 2 is 1.77 bits per heavy atom. The molecule has 1 unspecified atom stereocenters. The number of benzene rings is 2. The highest BCUT2D eigenvalue weighted by atomic mass is 19.4. The smallest absolute Gasteiger partial charge is 0.425 e. The van der Waals surface area contributed by atoms with Gasteiger partial charge < -0.3 is 14.5 Å². The van der Waals surface area contributed by atoms with Gasteiger partial charge in [0.2, 0.25) is 0 Å². The Balaban J connectivity index is 1.67. The number of halogens is 5. The van der Waals surface area contributed by atoms with Crippen molar-refractivity contribution in [2.24, 2.45) is 0 Å². The number of carbonyl (C=O) groups excluding carboxylic acids is 1. The molecule has 3 rings (SSSR count). The third-order valence-corrected chi connectivity index (χ3v) is 4.92. The van der Waals surface area contributed by atoms with E-state index in [1.807, 2.05) is 0 Å². The molecule has 31 heavy (non-hydrogen) atoms. The van der Waals surface area contributed by atoms with Crippen molar-refractivity contribution >= 4 is 11.6 Å². The number of hydrogen-bond acceptors (Lipinski definition) is 4. The summed E-state index contributed by atoms with van der Waals surface area (Å²) in [4.78, 5) is 15.8. The summed E-state index contributed by atoms with van der Waals surface area (Å²) in [6.07, 6.45) is -6.56. The summed E-state index contributed by atoms with van der Waals surface area (Å²) in [6, 6.07) is 8.82. The normalized spacial score (nSPS) is 15.4. The number of nitriles is 1. The maximum Gasteiger partial charge on any atom is 0.425 e. The Hall–Kier alpha value is -3.35. The first-order valence-corrected chi connectivity index (χ1v) is 9.37. The molecule has 2 aromatic carbocycles. The molecule has 5 nitrogen and oxygen atoms in total. The Morgan fingerprint density at radius 1 is 1.10 bits per heavy atom. The van der Waals surface area contributed by atoms with Crippen LogP contribution in [0.3, 0.4) is 0 Å². The minimum absolute atomic E-state index is 0.000125. The Morgan fingerprint density at radius 3 is 2.39 bits per heavy atom. The highest BCUT2D eigenvalue weighted by Gasteiger charge is 2.38. The van der Waals surface area contributed by atoms with Crippen molar-refractivity contribution in [3.05, 3.63) is 59.2 Å². The summed E-state index contributed by atoms with van der Waals surface area (Å²) in [7, 11) is 0. The summed E-state index contributed by atoms with van der Waals surface area (Å²) < 4.78 is 71.0. The number of hydrogen-bond donors (Lipinski definition) is 0. The topological polar surface area (TPSA) is 56.6 Å². The maximum absolute atomic E-state index is 14.2. The SMILES string of the molecule is CC(Oc1cccc(C(=O)N2CCN(c3cc(F)c(C#N)cc3F)CC2)c1)C(F)(F)F. The van der Waals surface area contributed by atoms with Gasteiger partial charge in [-0.3, -0.25) is 4.79 Å². The molecular weight excluding hydrogens is 421 g/mol. The second kappa shape index (κ2) is 8.79. The first kappa shape index (κ1) is 22.3. The number of ether oxygens (including phenoxy) is 1. The van der Waals surface area contributed by atoms with Crippen LogP contribution in [0.4, 0.5) is 27.6 Å². The number of nitrogens with zero attached hydrogens (tertiary/aromatic N) is 3. The van der Waals surface area contributed by atoms with Gasteiger partial charge >= 0.3 is 6.18 Å². The first-order valence-electron chi connectivity index (χ1n) is 9.37. The summed E-state index contributed by atoms with van der Waals surface area (Å²) >= 11 is 0. The van der Waals surface area contributed by atoms with E-state index >= 15 is 0 Å². The minimum atomic E-state index is -4.53. The largest absolute Gasteiger partial charge is 0.481 e. The van der Waals surface area contributed by atoms with E-state index in [1.165, 1.54) is 29.2 Å². The molecule has 1 heterocycles. The molecule has 1 saturated heterocycles. The van der Waals surface area contributed by atoms with Crippen molar-refractivity contribution < 1.29 is 31.5 Å². The summed E-state index contributed by atoms with van der Waals surface area (Å²) in [5, 5.41) is 8.78. The molecule has 0 aliphatic carbocycles. The summed E-state index contributed by atoms with van der Waals surface area (Å²) in [5.74, 6) is -2.05. The average Bonchev–Trinajstić information content (AvgIpc) is 2.74. The monoisotopic (exact) mass is 439 g/mol. The van der Waals surface area contributed by atoms with E-state index in [0.717, 1.165) is 19.1 Å². The lowest BCUT2D eigenvalue weighted by molar-refractivity contribution is -0.189. The number of piperazine rings is 1. The quantitative estimate of drug-likeness (QED) is 0.673. The Bertz CT molecular complexity index is 1010. The van der Waals surface area contributed by atoms with Crippen LogP contribution in [0.25, 0.3) is 0 Å². The molecule has 2 aromatic rings. The Labute approximate surface area is 175 Å². The van der Waals surface area contributed by atoms with Crippen molar-refractivity contribution in [2.75, 3.05) is 31.1 Å². The van der Waals surface area contributed by atoms with Crippen LogP contribution in [0.2, 0.25) is 0 Å². The van der Waals surface area contributed by atoms with Crippen LogP contribution in [0.15, 0.2) is 36.4 Å². The van der Waals surface area contributed by atoms with Gasteiger partial charge in [0.25, 0.3) is 5.91 Å². The molecule has 0 bridgehead atoms. The van der Waals surface area contributed by atoms with Crippen molar-refractivity contribution in [3.8, 4) is 11.8 Å². The van der Waals surface area contributed by atoms with E-state index in [4.69, 9.17) is 10.00 Å². The molecular formula is C21H18F5N3O2. The third kappa shape index (κ3) is 5.05. The van der Waals surface area contributed by atoms with Gasteiger partial charge in [0.05, 0.1) is 11.3 Å². The lowest BCUT2D eigenvalue weighted by Crippen LogP contribution is -2.49. The molecule has 0 aromatic heterocycles. The van der Waals surface area contributed by atoms with Crippen LogP contribution >= 0.6 is 0 Å². The number of anilines is 1. The van der Waals surface area contributed by atoms with Gasteiger partial charge in [-0.2, -0.15) is 18.4 Å². The Kier molecular flexibility index (Phi) is 6.34. The van der Waals surface area contributed by atoms with Gasteiger partial charge in [-0.1, -0.05) is 6.07 Å². The van der Waals surface area contributed by atoms with Gasteiger partial charge in [-0.15, -0.1) is 0 Å². The zero-order chi connectivity index (χ0) is 22.8. The highest BCUT2D eigenvalue weighted by Crippen LogP contribution is 2.27. The van der Waals surface area contributed by atoms with E-state index < -0.39 is 35.4 Å². The van der Waals surface area contributed by atoms with E-state index in [0.29, 0.717) is 0 Å². The second-order valence-electron chi connectivity index (χ2n) is 7.00. The first-order chi connectivity index (χ1) is 14.6. The fraction of sp³-hybridized carbons (Fsp3) is 0.333. The fourth-order valence-corrected chi connectivity index (χ4v) is 3.17. The summed E-state index contributed by atoms with van der Waals surface area (Å²) in [5.41, 5.74) is -0.229. The van der Waals surface area contributed by atoms with E-state index in [-0.39, 0.29) is 43.2 Å². The van der Waals surface area contributed by atoms with Gasteiger partial charge in [0.15, 0.2) is 6.10 Å². The molecule has 0 radical (unpaired) electrons. The van der Waals surface area contributed by atoms with Gasteiger partial charge in [-0.25, -0.2) is 8.78 Å². The highest BCUT2D eigenvalue weighted by molar-refractivity contribution is 5.94. The number of amides is 1. The van der Waals surface area contributed by atoms with Crippen LogP contribution in [-0.4, -0.2) is 49.3 Å². The predicted molar refractivity (Wildman–Crippen MR) is 102 cm³/mol. The van der Waals surface area contributed by atoms with Crippen molar-refractivity contribution in [3.63, 3.8) is 0 Å². The van der Waals surface area contributed by atoms with Crippen molar-refractivity contribution in [1.82, 2.24) is 4.90 Å². The minimum Gasteiger partial charge on any atom is -0.481 e. The lowest BCUT2D eigenvalue weighted by Gasteiger charge is -2.36. The van der Waals surface area contributed by atoms with Gasteiger partial charge in [0.1, 0.15) is 23.5 Å². The van der Waals surface area contributed by atoms with Gasteiger partial charge in [0, 0.05) is 37.8 Å². The third-order valence-electron chi connectivity index (χ3n) is 4.92. The summed E-state index contributed by atoms with van der Waals surface area (Å²) in [6.45, 7) is 1.71. The van der Waals surface area contributed by atoms with Crippen LogP contribution < -0.4 is 9.64 Å². The fourth-order valence-electron chi connectivity index (χ4n) is 3.17. The van der Waals surface area contributed by atoms with Crippen LogP contribution in [-0.2, 0) is 0 Å². The van der Waals surface area contributed by atoms with Gasteiger partial charge in [-0.05, 0) is 31.2 Å². The van der Waals surface area contributed by atoms with Crippen LogP contribution in [0, 0.1) is 23.0 Å². The molecule has 1 aliphatic heterocycles. The molecule has 164 valence electrons. The number of alkyl halides is 3. The standard InChI is InChI=1S/C21H18F5N3O2/c1-13(21(24,25)26)31-16-4-2-3-14(9-16)20(30)29-7-5-28(6-8-29)19-11-17(22)15(12-27)10-18(19)23/h2-4,9-11,13H,5-8H2,1H3. The lowest BCUT2D eigenvalue weighted by atomic mass is 10.1. The number of rotatable bonds is 4. The maximum atomic E-state index is 14.2. The molecule has 1 amide bonds. The molecule has 1 fully saturated rings. The predicted octanol–water partition coefficient (Wildman–Crippen LogP) is 4.13. The molecule has 0 spiro atoms. The van der Waals surface area contributed by atoms with E-state index in [9.17, 15) is 26.7 Å². The van der Waals surface area contributed by atoms with E-state index in [1.54, 1.807) is 11.0 Å². The number of carbonyl (C=O) groups is 1. The van der Waals surface area contributed by atoms with Crippen molar-refractivity contribution in [1.29, 1.82) is 5.26 Å². The zero-order valence-electron chi connectivity index (χ0n) is 16.4. The molecule has 10 heteroatoms. The molecule has 0 N–H and O–H groups in total. The zero-order valence-corrected chi connectivity index (χ0v) is 16.4. The van der Waals surface area contributed by atoms with Crippen molar-refractivity contribution in [2.45, 2.75) is 19.2 Å². The molecule has 1 aliphatic rings. The van der Waals surface area contributed by atoms with Crippen LogP contribution in [0.5, 0.6) is 5.75 Å². The van der Waals surface area contributed by atoms with E-state index in [2.05, 4.69) is 0 Å². The second-order valence-corrected chi connectivity index (χ2v) is 7.00. The molecule has 1 atom stereocenters. The van der Waals surface area contributed by atoms with Crippen LogP contribution in [0.1, 0.15) is 22.8 Å².